The van der Waals surface area contributed by atoms with Gasteiger partial charge in [-0.15, -0.1) is 0 Å². The van der Waals surface area contributed by atoms with Gasteiger partial charge in [-0.1, -0.05) is 60.7 Å². The van der Waals surface area contributed by atoms with Crippen molar-refractivity contribution in [3.05, 3.63) is 108 Å². The van der Waals surface area contributed by atoms with Crippen molar-refractivity contribution in [2.24, 2.45) is 5.10 Å². The van der Waals surface area contributed by atoms with Crippen LogP contribution in [0, 0.1) is 0 Å². The van der Waals surface area contributed by atoms with E-state index in [1.807, 2.05) is 85.1 Å². The topological polar surface area (TPSA) is 95.2 Å². The van der Waals surface area contributed by atoms with Crippen molar-refractivity contribution in [1.82, 2.24) is 20.6 Å². The van der Waals surface area contributed by atoms with Gasteiger partial charge in [0, 0.05) is 28.2 Å². The lowest BCUT2D eigenvalue weighted by atomic mass is 10.1. The van der Waals surface area contributed by atoms with Gasteiger partial charge in [-0.3, -0.25) is 9.89 Å². The summed E-state index contributed by atoms with van der Waals surface area (Å²) in [6.45, 7) is 0.443. The van der Waals surface area contributed by atoms with Gasteiger partial charge in [0.25, 0.3) is 5.91 Å². The van der Waals surface area contributed by atoms with Gasteiger partial charge in [-0.05, 0) is 29.8 Å². The molecule has 0 aliphatic rings. The summed E-state index contributed by atoms with van der Waals surface area (Å²) < 4.78 is 6.01. The number of ether oxygens (including phenoxy) is 1. The van der Waals surface area contributed by atoms with E-state index in [1.165, 1.54) is 0 Å². The summed E-state index contributed by atoms with van der Waals surface area (Å²) in [7, 11) is 0. The largest absolute Gasteiger partial charge is 0.488 e. The van der Waals surface area contributed by atoms with Gasteiger partial charge in [-0.2, -0.15) is 10.2 Å². The summed E-state index contributed by atoms with van der Waals surface area (Å²) in [6, 6.07) is 27.1. The maximum Gasteiger partial charge on any atom is 0.289 e. The number of para-hydroxylation sites is 2. The number of hydrazone groups is 1. The molecule has 5 aromatic rings. The van der Waals surface area contributed by atoms with Crippen LogP contribution in [-0.2, 0) is 6.61 Å². The van der Waals surface area contributed by atoms with E-state index in [0.29, 0.717) is 23.7 Å². The molecule has 3 N–H and O–H groups in total. The minimum atomic E-state index is -0.382. The summed E-state index contributed by atoms with van der Waals surface area (Å²) in [4.78, 5) is 15.7. The van der Waals surface area contributed by atoms with Crippen molar-refractivity contribution in [3.8, 4) is 17.0 Å². The molecule has 2 aromatic heterocycles. The Morgan fingerprint density at radius 1 is 1.00 bits per heavy atom. The lowest BCUT2D eigenvalue weighted by Gasteiger charge is -2.10. The molecule has 162 valence electrons. The molecular formula is C26H21N5O2. The number of fused-ring (bicyclic) bond motifs is 1. The molecule has 0 unspecified atom stereocenters. The molecule has 0 bridgehead atoms. The van der Waals surface area contributed by atoms with Crippen LogP contribution in [0.25, 0.3) is 22.2 Å². The summed E-state index contributed by atoms with van der Waals surface area (Å²) in [5.41, 5.74) is 7.23. The number of hydrogen-bond donors (Lipinski definition) is 3. The molecule has 2 heterocycles. The number of carbonyl (C=O) groups is 1. The highest BCUT2D eigenvalue weighted by Crippen LogP contribution is 2.29. The molecule has 0 saturated heterocycles. The molecule has 3 aromatic carbocycles. The van der Waals surface area contributed by atoms with E-state index < -0.39 is 0 Å². The quantitative estimate of drug-likeness (QED) is 0.251. The Kier molecular flexibility index (Phi) is 5.67. The van der Waals surface area contributed by atoms with Crippen LogP contribution >= 0.6 is 0 Å². The fourth-order valence-corrected chi connectivity index (χ4v) is 3.54. The van der Waals surface area contributed by atoms with Crippen LogP contribution in [0.5, 0.6) is 5.75 Å². The molecule has 1 amide bonds. The van der Waals surface area contributed by atoms with Crippen LogP contribution in [0.15, 0.2) is 96.2 Å². The Balaban J connectivity index is 1.27. The van der Waals surface area contributed by atoms with Gasteiger partial charge in [0.15, 0.2) is 0 Å². The summed E-state index contributed by atoms with van der Waals surface area (Å²) >= 11 is 0. The molecular weight excluding hydrogens is 414 g/mol. The summed E-state index contributed by atoms with van der Waals surface area (Å²) in [5.74, 6) is 0.310. The van der Waals surface area contributed by atoms with E-state index in [0.717, 1.165) is 27.6 Å². The second kappa shape index (κ2) is 9.23. The first kappa shape index (κ1) is 20.3. The lowest BCUT2D eigenvalue weighted by Crippen LogP contribution is -2.17. The van der Waals surface area contributed by atoms with Crippen molar-refractivity contribution in [3.63, 3.8) is 0 Å². The molecule has 0 spiro atoms. The van der Waals surface area contributed by atoms with Crippen LogP contribution in [-0.4, -0.2) is 27.3 Å². The Labute approximate surface area is 190 Å². The van der Waals surface area contributed by atoms with Gasteiger partial charge in [0.2, 0.25) is 0 Å². The third-order valence-electron chi connectivity index (χ3n) is 5.21. The Bertz CT molecular complexity index is 1420. The highest BCUT2D eigenvalue weighted by atomic mass is 16.5. The van der Waals surface area contributed by atoms with E-state index >= 15 is 0 Å². The predicted molar refractivity (Wildman–Crippen MR) is 128 cm³/mol. The summed E-state index contributed by atoms with van der Waals surface area (Å²) in [5, 5.41) is 12.2. The molecule has 0 radical (unpaired) electrons. The zero-order chi connectivity index (χ0) is 22.5. The SMILES string of the molecule is O=C(N/N=C/c1c[nH]c2ccccc12)c1cc(-c2ccccc2OCc2ccccc2)n[nH]1. The third kappa shape index (κ3) is 4.52. The minimum absolute atomic E-state index is 0.305. The van der Waals surface area contributed by atoms with Crippen molar-refractivity contribution in [2.75, 3.05) is 0 Å². The van der Waals surface area contributed by atoms with Crippen LogP contribution in [0.2, 0.25) is 0 Å². The van der Waals surface area contributed by atoms with Crippen LogP contribution in [0.4, 0.5) is 0 Å². The number of rotatable bonds is 7. The maximum absolute atomic E-state index is 12.5. The molecule has 33 heavy (non-hydrogen) atoms. The number of aromatic amines is 2. The van der Waals surface area contributed by atoms with E-state index in [9.17, 15) is 4.79 Å². The first-order valence-electron chi connectivity index (χ1n) is 10.5. The number of H-pyrrole nitrogens is 2. The standard InChI is InChI=1S/C26H21N5O2/c32-26(31-28-16-19-15-27-22-12-6-4-10-20(19)22)24-14-23(29-30-24)21-11-5-7-13-25(21)33-17-18-8-2-1-3-9-18/h1-16,27H,17H2,(H,29,30)(H,31,32)/b28-16+. The number of hydrogen-bond acceptors (Lipinski definition) is 4. The van der Waals surface area contributed by atoms with Gasteiger partial charge in [0.05, 0.1) is 11.9 Å². The highest BCUT2D eigenvalue weighted by molar-refractivity contribution is 6.00. The number of carbonyl (C=O) groups excluding carboxylic acids is 1. The minimum Gasteiger partial charge on any atom is -0.488 e. The van der Waals surface area contributed by atoms with Crippen LogP contribution < -0.4 is 10.2 Å². The molecule has 0 fully saturated rings. The van der Waals surface area contributed by atoms with Crippen molar-refractivity contribution < 1.29 is 9.53 Å². The second-order valence-electron chi connectivity index (χ2n) is 7.43. The second-order valence-corrected chi connectivity index (χ2v) is 7.43. The van der Waals surface area contributed by atoms with Crippen molar-refractivity contribution >= 4 is 23.0 Å². The van der Waals surface area contributed by atoms with Gasteiger partial charge in [0.1, 0.15) is 18.1 Å². The van der Waals surface area contributed by atoms with E-state index in [1.54, 1.807) is 12.3 Å². The molecule has 5 rings (SSSR count). The van der Waals surface area contributed by atoms with E-state index in [2.05, 4.69) is 25.7 Å². The third-order valence-corrected chi connectivity index (χ3v) is 5.21. The molecule has 0 aliphatic carbocycles. The first-order chi connectivity index (χ1) is 16.3. The smallest absolute Gasteiger partial charge is 0.289 e. The zero-order valence-corrected chi connectivity index (χ0v) is 17.7. The van der Waals surface area contributed by atoms with E-state index in [4.69, 9.17) is 4.74 Å². The zero-order valence-electron chi connectivity index (χ0n) is 17.7. The predicted octanol–water partition coefficient (Wildman–Crippen LogP) is 4.90. The molecule has 0 atom stereocenters. The number of amides is 1. The summed E-state index contributed by atoms with van der Waals surface area (Å²) in [6.07, 6.45) is 3.46. The number of benzene rings is 3. The maximum atomic E-state index is 12.5. The Hall–Kier alpha value is -4.65. The van der Waals surface area contributed by atoms with Gasteiger partial charge >= 0.3 is 0 Å². The van der Waals surface area contributed by atoms with Gasteiger partial charge < -0.3 is 9.72 Å². The number of aromatic nitrogens is 3. The van der Waals surface area contributed by atoms with Crippen molar-refractivity contribution in [1.29, 1.82) is 0 Å². The number of nitrogens with zero attached hydrogens (tertiary/aromatic N) is 2. The van der Waals surface area contributed by atoms with Gasteiger partial charge in [-0.25, -0.2) is 5.43 Å². The highest BCUT2D eigenvalue weighted by Gasteiger charge is 2.14. The fraction of sp³-hybridized carbons (Fsp3) is 0.0385. The Morgan fingerprint density at radius 2 is 1.79 bits per heavy atom. The molecule has 7 nitrogen and oxygen atoms in total. The Morgan fingerprint density at radius 3 is 2.70 bits per heavy atom. The average molecular weight is 435 g/mol. The molecule has 7 heteroatoms. The van der Waals surface area contributed by atoms with Crippen LogP contribution in [0.1, 0.15) is 21.6 Å². The average Bonchev–Trinajstić information content (AvgIpc) is 3.52. The molecule has 0 saturated carbocycles. The monoisotopic (exact) mass is 435 g/mol. The fourth-order valence-electron chi connectivity index (χ4n) is 3.54. The van der Waals surface area contributed by atoms with Crippen molar-refractivity contribution in [2.45, 2.75) is 6.61 Å². The van der Waals surface area contributed by atoms with Crippen LogP contribution in [0.3, 0.4) is 0 Å². The lowest BCUT2D eigenvalue weighted by molar-refractivity contribution is 0.0950. The molecule has 0 aliphatic heterocycles. The first-order valence-corrected chi connectivity index (χ1v) is 10.5. The van der Waals surface area contributed by atoms with E-state index in [-0.39, 0.29) is 5.91 Å². The number of nitrogens with one attached hydrogen (secondary N) is 3. The normalized spacial score (nSPS) is 11.2.